The zero-order valence-electron chi connectivity index (χ0n) is 10.5. The molecule has 0 radical (unpaired) electrons. The monoisotopic (exact) mass is 323 g/mol. The van der Waals surface area contributed by atoms with Crippen LogP contribution in [-0.2, 0) is 0 Å². The number of hydrogen-bond acceptors (Lipinski definition) is 2. The minimum Gasteiger partial charge on any atom is -0.322 e. The molecule has 0 saturated carbocycles. The van der Waals surface area contributed by atoms with E-state index in [2.05, 4.69) is 15.5 Å². The van der Waals surface area contributed by atoms with Gasteiger partial charge in [-0.1, -0.05) is 23.2 Å². The Morgan fingerprint density at radius 1 is 1.19 bits per heavy atom. The van der Waals surface area contributed by atoms with E-state index in [0.29, 0.717) is 5.69 Å². The maximum absolute atomic E-state index is 13.4. The Bertz CT molecular complexity index is 847. The van der Waals surface area contributed by atoms with Crippen molar-refractivity contribution in [1.82, 2.24) is 10.2 Å². The molecule has 3 aromatic rings. The molecule has 0 unspecified atom stereocenters. The van der Waals surface area contributed by atoms with Crippen molar-refractivity contribution in [3.63, 3.8) is 0 Å². The minimum absolute atomic E-state index is 0.0193. The van der Waals surface area contributed by atoms with Gasteiger partial charge >= 0.3 is 0 Å². The molecule has 0 aliphatic heterocycles. The van der Waals surface area contributed by atoms with Crippen LogP contribution in [0, 0.1) is 5.82 Å². The summed E-state index contributed by atoms with van der Waals surface area (Å²) in [4.78, 5) is 12.1. The number of rotatable bonds is 2. The molecule has 106 valence electrons. The summed E-state index contributed by atoms with van der Waals surface area (Å²) in [6, 6.07) is 7.44. The predicted octanol–water partition coefficient (Wildman–Crippen LogP) is 4.26. The quantitative estimate of drug-likeness (QED) is 0.692. The standard InChI is InChI=1S/C14H8Cl2FN3O/c15-10-5-11(16)12(17)4-9(10)14(21)19-8-1-2-13-7(3-8)6-18-20-13/h1-6H,(H,18,20)(H,19,21). The second-order valence-corrected chi connectivity index (χ2v) is 5.19. The average Bonchev–Trinajstić information content (AvgIpc) is 2.90. The Hall–Kier alpha value is -2.11. The van der Waals surface area contributed by atoms with Crippen LogP contribution in [0.1, 0.15) is 10.4 Å². The summed E-state index contributed by atoms with van der Waals surface area (Å²) in [7, 11) is 0. The lowest BCUT2D eigenvalue weighted by Gasteiger charge is -2.08. The van der Waals surface area contributed by atoms with Crippen LogP contribution >= 0.6 is 23.2 Å². The Morgan fingerprint density at radius 2 is 2.00 bits per heavy atom. The number of amides is 1. The zero-order valence-corrected chi connectivity index (χ0v) is 12.0. The van der Waals surface area contributed by atoms with E-state index in [4.69, 9.17) is 23.2 Å². The Balaban J connectivity index is 1.90. The summed E-state index contributed by atoms with van der Waals surface area (Å²) in [5, 5.41) is 10.2. The van der Waals surface area contributed by atoms with Crippen molar-refractivity contribution in [3.8, 4) is 0 Å². The molecule has 4 nitrogen and oxygen atoms in total. The van der Waals surface area contributed by atoms with Crippen molar-refractivity contribution < 1.29 is 9.18 Å². The number of aromatic amines is 1. The largest absolute Gasteiger partial charge is 0.322 e. The van der Waals surface area contributed by atoms with Gasteiger partial charge in [-0.05, 0) is 30.3 Å². The van der Waals surface area contributed by atoms with Crippen LogP contribution in [-0.4, -0.2) is 16.1 Å². The number of anilines is 1. The van der Waals surface area contributed by atoms with Crippen molar-refractivity contribution in [2.75, 3.05) is 5.32 Å². The summed E-state index contributed by atoms with van der Waals surface area (Å²) in [6.07, 6.45) is 1.64. The normalized spacial score (nSPS) is 10.8. The van der Waals surface area contributed by atoms with Crippen molar-refractivity contribution >= 4 is 45.7 Å². The van der Waals surface area contributed by atoms with E-state index in [1.807, 2.05) is 0 Å². The smallest absolute Gasteiger partial charge is 0.257 e. The Morgan fingerprint density at radius 3 is 2.81 bits per heavy atom. The number of carbonyl (C=O) groups excluding carboxylic acids is 1. The number of hydrogen-bond donors (Lipinski definition) is 2. The van der Waals surface area contributed by atoms with Crippen LogP contribution in [0.25, 0.3) is 10.9 Å². The fraction of sp³-hybridized carbons (Fsp3) is 0. The number of nitrogens with one attached hydrogen (secondary N) is 2. The average molecular weight is 324 g/mol. The lowest BCUT2D eigenvalue weighted by Crippen LogP contribution is -2.12. The third kappa shape index (κ3) is 2.70. The molecular formula is C14H8Cl2FN3O. The lowest BCUT2D eigenvalue weighted by molar-refractivity contribution is 0.102. The number of fused-ring (bicyclic) bond motifs is 1. The topological polar surface area (TPSA) is 57.8 Å². The van der Waals surface area contributed by atoms with Crippen molar-refractivity contribution in [2.45, 2.75) is 0 Å². The van der Waals surface area contributed by atoms with Gasteiger partial charge in [-0.3, -0.25) is 9.89 Å². The van der Waals surface area contributed by atoms with Gasteiger partial charge in [-0.25, -0.2) is 4.39 Å². The van der Waals surface area contributed by atoms with E-state index < -0.39 is 11.7 Å². The molecule has 21 heavy (non-hydrogen) atoms. The van der Waals surface area contributed by atoms with Crippen LogP contribution in [0.4, 0.5) is 10.1 Å². The van der Waals surface area contributed by atoms with Gasteiger partial charge in [0.1, 0.15) is 5.82 Å². The fourth-order valence-corrected chi connectivity index (χ4v) is 2.38. The Labute approximate surface area is 128 Å². The van der Waals surface area contributed by atoms with E-state index in [9.17, 15) is 9.18 Å². The molecular weight excluding hydrogens is 316 g/mol. The van der Waals surface area contributed by atoms with E-state index in [0.717, 1.165) is 17.0 Å². The molecule has 0 bridgehead atoms. The van der Waals surface area contributed by atoms with E-state index >= 15 is 0 Å². The second kappa shape index (κ2) is 5.35. The van der Waals surface area contributed by atoms with Crippen LogP contribution in [0.3, 0.4) is 0 Å². The van der Waals surface area contributed by atoms with E-state index in [-0.39, 0.29) is 15.6 Å². The Kier molecular flexibility index (Phi) is 3.53. The highest BCUT2D eigenvalue weighted by Crippen LogP contribution is 2.25. The number of benzene rings is 2. The minimum atomic E-state index is -0.698. The second-order valence-electron chi connectivity index (χ2n) is 4.37. The molecule has 0 aliphatic carbocycles. The summed E-state index contributed by atoms with van der Waals surface area (Å²) >= 11 is 11.5. The SMILES string of the molecule is O=C(Nc1ccc2[nH]ncc2c1)c1cc(F)c(Cl)cc1Cl. The molecule has 0 saturated heterocycles. The maximum Gasteiger partial charge on any atom is 0.257 e. The molecule has 0 atom stereocenters. The number of halogens is 3. The summed E-state index contributed by atoms with van der Waals surface area (Å²) in [6.45, 7) is 0. The first kappa shape index (κ1) is 13.9. The van der Waals surface area contributed by atoms with E-state index in [1.165, 1.54) is 6.07 Å². The summed E-state index contributed by atoms with van der Waals surface area (Å²) in [5.41, 5.74) is 1.43. The molecule has 1 aromatic heterocycles. The molecule has 1 amide bonds. The van der Waals surface area contributed by atoms with Gasteiger partial charge in [0.25, 0.3) is 5.91 Å². The van der Waals surface area contributed by atoms with Gasteiger partial charge in [0.05, 0.1) is 27.3 Å². The van der Waals surface area contributed by atoms with Gasteiger partial charge < -0.3 is 5.32 Å². The fourth-order valence-electron chi connectivity index (χ4n) is 1.92. The van der Waals surface area contributed by atoms with Crippen LogP contribution in [0.15, 0.2) is 36.5 Å². The molecule has 2 N–H and O–H groups in total. The first-order chi connectivity index (χ1) is 10.0. The molecule has 2 aromatic carbocycles. The van der Waals surface area contributed by atoms with Crippen molar-refractivity contribution in [1.29, 1.82) is 0 Å². The summed E-state index contributed by atoms with van der Waals surface area (Å²) in [5.74, 6) is -1.21. The molecule has 7 heteroatoms. The van der Waals surface area contributed by atoms with Crippen LogP contribution in [0.5, 0.6) is 0 Å². The molecule has 0 fully saturated rings. The van der Waals surface area contributed by atoms with Gasteiger partial charge in [0.2, 0.25) is 0 Å². The first-order valence-corrected chi connectivity index (χ1v) is 6.69. The molecule has 0 aliphatic rings. The molecule has 3 rings (SSSR count). The van der Waals surface area contributed by atoms with E-state index in [1.54, 1.807) is 24.4 Å². The molecule has 1 heterocycles. The summed E-state index contributed by atoms with van der Waals surface area (Å²) < 4.78 is 13.4. The van der Waals surface area contributed by atoms with Gasteiger partial charge in [-0.15, -0.1) is 0 Å². The third-order valence-corrected chi connectivity index (χ3v) is 3.56. The number of carbonyl (C=O) groups is 1. The highest BCUT2D eigenvalue weighted by atomic mass is 35.5. The van der Waals surface area contributed by atoms with Gasteiger partial charge in [0.15, 0.2) is 0 Å². The van der Waals surface area contributed by atoms with Crippen LogP contribution in [0.2, 0.25) is 10.0 Å². The lowest BCUT2D eigenvalue weighted by atomic mass is 10.2. The molecule has 0 spiro atoms. The van der Waals surface area contributed by atoms with Gasteiger partial charge in [0, 0.05) is 11.1 Å². The van der Waals surface area contributed by atoms with Crippen molar-refractivity contribution in [3.05, 3.63) is 58.0 Å². The van der Waals surface area contributed by atoms with Crippen LogP contribution < -0.4 is 5.32 Å². The highest BCUT2D eigenvalue weighted by Gasteiger charge is 2.14. The van der Waals surface area contributed by atoms with Crippen molar-refractivity contribution in [2.24, 2.45) is 0 Å². The zero-order chi connectivity index (χ0) is 15.0. The number of nitrogens with zero attached hydrogens (tertiary/aromatic N) is 1. The first-order valence-electron chi connectivity index (χ1n) is 5.93. The van der Waals surface area contributed by atoms with Gasteiger partial charge in [-0.2, -0.15) is 5.10 Å². The maximum atomic E-state index is 13.4. The third-order valence-electron chi connectivity index (χ3n) is 2.95. The predicted molar refractivity (Wildman–Crippen MR) is 80.5 cm³/mol. The number of aromatic nitrogens is 2. The number of H-pyrrole nitrogens is 1. The highest BCUT2D eigenvalue weighted by molar-refractivity contribution is 6.37.